The summed E-state index contributed by atoms with van der Waals surface area (Å²) in [5.41, 5.74) is 0. The average Bonchev–Trinajstić information content (AvgIpc) is 1.84. The second-order valence-electron chi connectivity index (χ2n) is 1.72. The van der Waals surface area contributed by atoms with E-state index in [9.17, 15) is 13.2 Å². The summed E-state index contributed by atoms with van der Waals surface area (Å²) in [5, 5.41) is 0. The van der Waals surface area contributed by atoms with Crippen LogP contribution in [0.5, 0.6) is 0 Å². The molecule has 0 aromatic rings. The van der Waals surface area contributed by atoms with Crippen LogP contribution in [0.2, 0.25) is 0 Å². The van der Waals surface area contributed by atoms with Crippen molar-refractivity contribution in [3.63, 3.8) is 0 Å². The molecule has 0 atom stereocenters. The molecule has 5 nitrogen and oxygen atoms in total. The zero-order chi connectivity index (χ0) is 9.61. The molecule has 0 rings (SSSR count). The molecular formula is C4H7Cl2NO4S. The zero-order valence-corrected chi connectivity index (χ0v) is 8.25. The second-order valence-corrected chi connectivity index (χ2v) is 4.39. The first kappa shape index (κ1) is 11.8. The summed E-state index contributed by atoms with van der Waals surface area (Å²) in [7, 11) is 0.629. The van der Waals surface area contributed by atoms with Gasteiger partial charge in [0.05, 0.1) is 6.61 Å². The Balaban J connectivity index is 3.62. The predicted molar refractivity (Wildman–Crippen MR) is 44.6 cm³/mol. The molecule has 0 saturated heterocycles. The number of hydrogen-bond acceptors (Lipinski definition) is 4. The van der Waals surface area contributed by atoms with Crippen molar-refractivity contribution in [2.75, 3.05) is 12.5 Å². The fourth-order valence-electron chi connectivity index (χ4n) is 0.348. The highest BCUT2D eigenvalue weighted by molar-refractivity contribution is 8.12. The normalized spacial score (nSPS) is 10.8. The van der Waals surface area contributed by atoms with E-state index in [1.807, 2.05) is 0 Å². The molecule has 0 aliphatic rings. The van der Waals surface area contributed by atoms with Crippen molar-refractivity contribution in [1.82, 2.24) is 4.72 Å². The van der Waals surface area contributed by atoms with Crippen molar-refractivity contribution in [3.05, 3.63) is 0 Å². The molecule has 72 valence electrons. The van der Waals surface area contributed by atoms with Crippen molar-refractivity contribution in [2.24, 2.45) is 0 Å². The van der Waals surface area contributed by atoms with E-state index in [0.29, 0.717) is 12.3 Å². The predicted octanol–water partition coefficient (Wildman–Crippen LogP) is 0.825. The number of carbonyl (C=O) groups is 1. The fourth-order valence-corrected chi connectivity index (χ4v) is 0.905. The molecule has 0 aromatic heterocycles. The van der Waals surface area contributed by atoms with Crippen LogP contribution in [0.3, 0.4) is 0 Å². The monoisotopic (exact) mass is 235 g/mol. The van der Waals surface area contributed by atoms with E-state index < -0.39 is 15.3 Å². The highest BCUT2D eigenvalue weighted by Gasteiger charge is 2.10. The van der Waals surface area contributed by atoms with Crippen LogP contribution in [-0.4, -0.2) is 27.0 Å². The fraction of sp³-hybridized carbons (Fsp3) is 0.750. The van der Waals surface area contributed by atoms with Crippen LogP contribution >= 0.6 is 22.3 Å². The first-order valence-electron chi connectivity index (χ1n) is 2.91. The minimum atomic E-state index is -4.05. The highest BCUT2D eigenvalue weighted by atomic mass is 35.7. The van der Waals surface area contributed by atoms with Gasteiger partial charge in [0, 0.05) is 16.6 Å². The third kappa shape index (κ3) is 7.90. The number of ether oxygens (including phenoxy) is 1. The van der Waals surface area contributed by atoms with Crippen LogP contribution in [0.4, 0.5) is 4.79 Å². The number of nitrogens with one attached hydrogen (secondary N) is 1. The molecule has 1 amide bonds. The van der Waals surface area contributed by atoms with Gasteiger partial charge in [0.15, 0.2) is 0 Å². The van der Waals surface area contributed by atoms with Crippen molar-refractivity contribution in [2.45, 2.75) is 6.42 Å². The van der Waals surface area contributed by atoms with Gasteiger partial charge >= 0.3 is 15.3 Å². The van der Waals surface area contributed by atoms with E-state index >= 15 is 0 Å². The summed E-state index contributed by atoms with van der Waals surface area (Å²) >= 11 is 5.26. The van der Waals surface area contributed by atoms with Crippen LogP contribution in [0.25, 0.3) is 0 Å². The van der Waals surface area contributed by atoms with E-state index in [1.54, 1.807) is 0 Å². The topological polar surface area (TPSA) is 72.5 Å². The SMILES string of the molecule is O=C(NS(=O)(=O)Cl)OCCCCl. The molecule has 0 saturated carbocycles. The van der Waals surface area contributed by atoms with Gasteiger partial charge in [0.25, 0.3) is 0 Å². The molecular weight excluding hydrogens is 229 g/mol. The van der Waals surface area contributed by atoms with Crippen molar-refractivity contribution < 1.29 is 17.9 Å². The standard InChI is InChI=1S/C4H7Cl2NO4S/c5-2-1-3-11-4(8)7-12(6,9)10/h1-3H2,(H,7,8). The number of rotatable bonds is 4. The van der Waals surface area contributed by atoms with Crippen LogP contribution in [0.1, 0.15) is 6.42 Å². The first-order valence-corrected chi connectivity index (χ1v) is 5.75. The Hall–Kier alpha value is -0.200. The molecule has 0 aliphatic carbocycles. The van der Waals surface area contributed by atoms with Gasteiger partial charge in [0.2, 0.25) is 0 Å². The van der Waals surface area contributed by atoms with Crippen LogP contribution in [-0.2, 0) is 14.0 Å². The summed E-state index contributed by atoms with van der Waals surface area (Å²) < 4.78 is 26.2. The molecule has 12 heavy (non-hydrogen) atoms. The van der Waals surface area contributed by atoms with Gasteiger partial charge < -0.3 is 4.74 Å². The lowest BCUT2D eigenvalue weighted by Crippen LogP contribution is -2.27. The number of hydrogen-bond donors (Lipinski definition) is 1. The molecule has 0 unspecified atom stereocenters. The molecule has 0 fully saturated rings. The average molecular weight is 236 g/mol. The van der Waals surface area contributed by atoms with Gasteiger partial charge in [-0.2, -0.15) is 8.42 Å². The molecule has 0 spiro atoms. The van der Waals surface area contributed by atoms with Crippen molar-refractivity contribution >= 4 is 37.6 Å². The van der Waals surface area contributed by atoms with Crippen LogP contribution < -0.4 is 4.72 Å². The zero-order valence-electron chi connectivity index (χ0n) is 5.92. The van der Waals surface area contributed by atoms with Gasteiger partial charge in [-0.25, -0.2) is 9.52 Å². The highest BCUT2D eigenvalue weighted by Crippen LogP contribution is 1.92. The second kappa shape index (κ2) is 5.45. The third-order valence-electron chi connectivity index (χ3n) is 0.716. The minimum absolute atomic E-state index is 0.0573. The summed E-state index contributed by atoms with van der Waals surface area (Å²) in [6.07, 6.45) is -0.646. The Labute approximate surface area is 79.5 Å². The Morgan fingerprint density at radius 3 is 2.50 bits per heavy atom. The maximum absolute atomic E-state index is 10.5. The molecule has 0 aromatic carbocycles. The Morgan fingerprint density at radius 1 is 1.50 bits per heavy atom. The van der Waals surface area contributed by atoms with E-state index in [2.05, 4.69) is 15.4 Å². The number of halogens is 2. The summed E-state index contributed by atoms with van der Waals surface area (Å²) in [6.45, 7) is 0.0573. The number of alkyl halides is 1. The lowest BCUT2D eigenvalue weighted by molar-refractivity contribution is 0.153. The first-order chi connectivity index (χ1) is 5.45. The van der Waals surface area contributed by atoms with Gasteiger partial charge in [-0.05, 0) is 6.42 Å². The summed E-state index contributed by atoms with van der Waals surface area (Å²) in [4.78, 5) is 10.5. The van der Waals surface area contributed by atoms with E-state index in [1.165, 1.54) is 4.72 Å². The minimum Gasteiger partial charge on any atom is -0.449 e. The lowest BCUT2D eigenvalue weighted by Gasteiger charge is -2.01. The van der Waals surface area contributed by atoms with Gasteiger partial charge in [0.1, 0.15) is 0 Å². The van der Waals surface area contributed by atoms with Crippen LogP contribution in [0, 0.1) is 0 Å². The molecule has 1 N–H and O–H groups in total. The maximum atomic E-state index is 10.5. The Kier molecular flexibility index (Phi) is 5.36. The number of carbonyl (C=O) groups excluding carboxylic acids is 1. The largest absolute Gasteiger partial charge is 0.449 e. The summed E-state index contributed by atoms with van der Waals surface area (Å²) in [5.74, 6) is 0.334. The number of amides is 1. The van der Waals surface area contributed by atoms with Gasteiger partial charge in [-0.15, -0.1) is 11.6 Å². The molecule has 0 aliphatic heterocycles. The van der Waals surface area contributed by atoms with Crippen molar-refractivity contribution in [1.29, 1.82) is 0 Å². The molecule has 8 heteroatoms. The smallest absolute Gasteiger partial charge is 0.421 e. The summed E-state index contributed by atoms with van der Waals surface area (Å²) in [6, 6.07) is 0. The van der Waals surface area contributed by atoms with Crippen molar-refractivity contribution in [3.8, 4) is 0 Å². The van der Waals surface area contributed by atoms with Crippen LogP contribution in [0.15, 0.2) is 0 Å². The van der Waals surface area contributed by atoms with E-state index in [0.717, 1.165) is 0 Å². The lowest BCUT2D eigenvalue weighted by atomic mass is 10.5. The van der Waals surface area contributed by atoms with E-state index in [-0.39, 0.29) is 6.61 Å². The van der Waals surface area contributed by atoms with E-state index in [4.69, 9.17) is 11.6 Å². The quantitative estimate of drug-likeness (QED) is 0.445. The Morgan fingerprint density at radius 2 is 2.08 bits per heavy atom. The molecule has 0 heterocycles. The third-order valence-corrected chi connectivity index (χ3v) is 1.63. The van der Waals surface area contributed by atoms with Gasteiger partial charge in [-0.3, -0.25) is 0 Å². The Bertz CT molecular complexity index is 239. The maximum Gasteiger partial charge on any atom is 0.421 e. The molecule has 0 radical (unpaired) electrons. The molecule has 0 bridgehead atoms. The van der Waals surface area contributed by atoms with Gasteiger partial charge in [-0.1, -0.05) is 0 Å².